The van der Waals surface area contributed by atoms with Gasteiger partial charge in [0.2, 0.25) is 0 Å². The quantitative estimate of drug-likeness (QED) is 0.601. The standard InChI is InChI=1S/C11H14/c1-4-10-8-6-7-9(3)11(10)5-2/h5-8H,2,4H2,1,3H3. The molecule has 0 spiro atoms. The van der Waals surface area contributed by atoms with Gasteiger partial charge in [-0.25, -0.2) is 0 Å². The van der Waals surface area contributed by atoms with E-state index in [2.05, 4.69) is 38.6 Å². The Labute approximate surface area is 68.6 Å². The fourth-order valence-electron chi connectivity index (χ4n) is 1.34. The van der Waals surface area contributed by atoms with E-state index in [4.69, 9.17) is 0 Å². The first-order valence-corrected chi connectivity index (χ1v) is 4.00. The predicted molar refractivity (Wildman–Crippen MR) is 50.6 cm³/mol. The lowest BCUT2D eigenvalue weighted by Gasteiger charge is -2.05. The van der Waals surface area contributed by atoms with Gasteiger partial charge in [0.25, 0.3) is 0 Å². The molecule has 0 amide bonds. The predicted octanol–water partition coefficient (Wildman–Crippen LogP) is 3.20. The van der Waals surface area contributed by atoms with Crippen LogP contribution >= 0.6 is 0 Å². The zero-order chi connectivity index (χ0) is 8.27. The van der Waals surface area contributed by atoms with Crippen LogP contribution in [0.5, 0.6) is 0 Å². The molecule has 0 fully saturated rings. The smallest absolute Gasteiger partial charge is 0.0201 e. The van der Waals surface area contributed by atoms with Gasteiger partial charge in [-0.2, -0.15) is 0 Å². The van der Waals surface area contributed by atoms with Crippen LogP contribution in [0.1, 0.15) is 23.6 Å². The summed E-state index contributed by atoms with van der Waals surface area (Å²) < 4.78 is 0. The maximum Gasteiger partial charge on any atom is -0.0201 e. The summed E-state index contributed by atoms with van der Waals surface area (Å²) in [5.41, 5.74) is 4.01. The molecule has 1 aromatic carbocycles. The molecule has 0 bridgehead atoms. The fraction of sp³-hybridized carbons (Fsp3) is 0.273. The van der Waals surface area contributed by atoms with E-state index in [9.17, 15) is 0 Å². The van der Waals surface area contributed by atoms with Crippen molar-refractivity contribution < 1.29 is 0 Å². The van der Waals surface area contributed by atoms with E-state index < -0.39 is 0 Å². The molecule has 0 nitrogen and oxygen atoms in total. The molecule has 0 aliphatic heterocycles. The van der Waals surface area contributed by atoms with Gasteiger partial charge in [0, 0.05) is 0 Å². The summed E-state index contributed by atoms with van der Waals surface area (Å²) in [5, 5.41) is 0. The molecular formula is C11H14. The van der Waals surface area contributed by atoms with Gasteiger partial charge in [-0.1, -0.05) is 37.8 Å². The van der Waals surface area contributed by atoms with Crippen LogP contribution in [0.15, 0.2) is 24.8 Å². The Morgan fingerprint density at radius 1 is 1.45 bits per heavy atom. The summed E-state index contributed by atoms with van der Waals surface area (Å²) in [5.74, 6) is 0. The van der Waals surface area contributed by atoms with Crippen LogP contribution in [-0.4, -0.2) is 0 Å². The second-order valence-corrected chi connectivity index (χ2v) is 2.71. The van der Waals surface area contributed by atoms with Gasteiger partial charge in [0.05, 0.1) is 0 Å². The van der Waals surface area contributed by atoms with Crippen molar-refractivity contribution >= 4 is 6.08 Å². The van der Waals surface area contributed by atoms with Crippen molar-refractivity contribution in [3.8, 4) is 0 Å². The van der Waals surface area contributed by atoms with Gasteiger partial charge in [0.1, 0.15) is 0 Å². The van der Waals surface area contributed by atoms with Gasteiger partial charge in [-0.15, -0.1) is 0 Å². The van der Waals surface area contributed by atoms with E-state index in [1.54, 1.807) is 0 Å². The van der Waals surface area contributed by atoms with Crippen LogP contribution in [0, 0.1) is 6.92 Å². The Hall–Kier alpha value is -1.04. The van der Waals surface area contributed by atoms with Gasteiger partial charge >= 0.3 is 0 Å². The SMILES string of the molecule is C=Cc1c(C)cccc1CC. The summed E-state index contributed by atoms with van der Waals surface area (Å²) in [6, 6.07) is 6.38. The van der Waals surface area contributed by atoms with Crippen LogP contribution in [-0.2, 0) is 6.42 Å². The molecule has 0 aliphatic rings. The number of rotatable bonds is 2. The van der Waals surface area contributed by atoms with Crippen molar-refractivity contribution in [3.63, 3.8) is 0 Å². The van der Waals surface area contributed by atoms with Gasteiger partial charge in [0.15, 0.2) is 0 Å². The lowest BCUT2D eigenvalue weighted by molar-refractivity contribution is 1.12. The highest BCUT2D eigenvalue weighted by atomic mass is 14.0. The van der Waals surface area contributed by atoms with E-state index >= 15 is 0 Å². The molecule has 0 saturated heterocycles. The third-order valence-electron chi connectivity index (χ3n) is 2.00. The van der Waals surface area contributed by atoms with Gasteiger partial charge in [-0.3, -0.25) is 0 Å². The number of hydrogen-bond donors (Lipinski definition) is 0. The normalized spacial score (nSPS) is 9.64. The summed E-state index contributed by atoms with van der Waals surface area (Å²) >= 11 is 0. The molecule has 11 heavy (non-hydrogen) atoms. The van der Waals surface area contributed by atoms with Gasteiger partial charge < -0.3 is 0 Å². The Morgan fingerprint density at radius 3 is 2.64 bits per heavy atom. The minimum atomic E-state index is 1.09. The molecule has 0 saturated carbocycles. The number of benzene rings is 1. The molecule has 0 unspecified atom stereocenters. The first-order valence-electron chi connectivity index (χ1n) is 4.00. The van der Waals surface area contributed by atoms with Crippen LogP contribution in [0.3, 0.4) is 0 Å². The largest absolute Gasteiger partial charge is 0.0985 e. The zero-order valence-corrected chi connectivity index (χ0v) is 7.22. The Balaban J connectivity index is 3.24. The molecule has 1 aromatic rings. The summed E-state index contributed by atoms with van der Waals surface area (Å²) in [6.45, 7) is 8.09. The van der Waals surface area contributed by atoms with Crippen LogP contribution < -0.4 is 0 Å². The highest BCUT2D eigenvalue weighted by molar-refractivity contribution is 5.56. The summed E-state index contributed by atoms with van der Waals surface area (Å²) in [7, 11) is 0. The molecule has 0 heterocycles. The van der Waals surface area contributed by atoms with E-state index in [0.29, 0.717) is 0 Å². The topological polar surface area (TPSA) is 0 Å². The summed E-state index contributed by atoms with van der Waals surface area (Å²) in [4.78, 5) is 0. The van der Waals surface area contributed by atoms with Crippen molar-refractivity contribution in [2.75, 3.05) is 0 Å². The highest BCUT2D eigenvalue weighted by Gasteiger charge is 1.97. The van der Waals surface area contributed by atoms with Crippen LogP contribution in [0.4, 0.5) is 0 Å². The van der Waals surface area contributed by atoms with Crippen molar-refractivity contribution in [2.24, 2.45) is 0 Å². The van der Waals surface area contributed by atoms with Crippen molar-refractivity contribution in [1.82, 2.24) is 0 Å². The van der Waals surface area contributed by atoms with E-state index in [1.807, 2.05) is 6.08 Å². The lowest BCUT2D eigenvalue weighted by atomic mass is 10.0. The van der Waals surface area contributed by atoms with E-state index in [-0.39, 0.29) is 0 Å². The third-order valence-corrected chi connectivity index (χ3v) is 2.00. The lowest BCUT2D eigenvalue weighted by Crippen LogP contribution is -1.88. The zero-order valence-electron chi connectivity index (χ0n) is 7.22. The fourth-order valence-corrected chi connectivity index (χ4v) is 1.34. The van der Waals surface area contributed by atoms with E-state index in [1.165, 1.54) is 16.7 Å². The molecular weight excluding hydrogens is 132 g/mol. The van der Waals surface area contributed by atoms with E-state index in [0.717, 1.165) is 6.42 Å². The molecule has 0 aromatic heterocycles. The van der Waals surface area contributed by atoms with Crippen LogP contribution in [0.25, 0.3) is 6.08 Å². The monoisotopic (exact) mass is 146 g/mol. The van der Waals surface area contributed by atoms with Crippen molar-refractivity contribution in [3.05, 3.63) is 41.5 Å². The minimum absolute atomic E-state index is 1.09. The second kappa shape index (κ2) is 3.38. The van der Waals surface area contributed by atoms with Crippen molar-refractivity contribution in [1.29, 1.82) is 0 Å². The molecule has 0 heteroatoms. The Bertz CT molecular complexity index is 259. The van der Waals surface area contributed by atoms with Crippen LogP contribution in [0.2, 0.25) is 0 Å². The average Bonchev–Trinajstić information content (AvgIpc) is 2.04. The van der Waals surface area contributed by atoms with Gasteiger partial charge in [-0.05, 0) is 30.0 Å². The highest BCUT2D eigenvalue weighted by Crippen LogP contribution is 2.15. The third kappa shape index (κ3) is 1.51. The molecule has 1 rings (SSSR count). The maximum absolute atomic E-state index is 3.80. The molecule has 0 atom stereocenters. The minimum Gasteiger partial charge on any atom is -0.0985 e. The molecule has 0 N–H and O–H groups in total. The number of hydrogen-bond acceptors (Lipinski definition) is 0. The first kappa shape index (κ1) is 8.06. The molecule has 58 valence electrons. The maximum atomic E-state index is 3.80. The first-order chi connectivity index (χ1) is 5.29. The average molecular weight is 146 g/mol. The Kier molecular flexibility index (Phi) is 2.48. The number of aryl methyl sites for hydroxylation is 2. The molecule has 0 radical (unpaired) electrons. The summed E-state index contributed by atoms with van der Waals surface area (Å²) in [6.07, 6.45) is 3.02. The molecule has 0 aliphatic carbocycles. The second-order valence-electron chi connectivity index (χ2n) is 2.71. The van der Waals surface area contributed by atoms with Crippen molar-refractivity contribution in [2.45, 2.75) is 20.3 Å². The Morgan fingerprint density at radius 2 is 2.18 bits per heavy atom.